The molecule has 1 saturated carbocycles. The Labute approximate surface area is 242 Å². The van der Waals surface area contributed by atoms with Gasteiger partial charge in [-0.05, 0) is 29.7 Å². The van der Waals surface area contributed by atoms with Crippen molar-refractivity contribution in [1.29, 1.82) is 0 Å². The van der Waals surface area contributed by atoms with Crippen molar-refractivity contribution in [3.8, 4) is 5.75 Å². The summed E-state index contributed by atoms with van der Waals surface area (Å²) in [6.45, 7) is 1.48. The third-order valence-electron chi connectivity index (χ3n) is 7.64. The molecule has 2 heterocycles. The van der Waals surface area contributed by atoms with Crippen LogP contribution in [0.1, 0.15) is 17.5 Å². The van der Waals surface area contributed by atoms with E-state index in [0.29, 0.717) is 41.1 Å². The van der Waals surface area contributed by atoms with Crippen molar-refractivity contribution in [3.63, 3.8) is 0 Å². The molecule has 11 nitrogen and oxygen atoms in total. The molecule has 4 unspecified atom stereocenters. The van der Waals surface area contributed by atoms with E-state index in [-0.39, 0.29) is 36.3 Å². The Balaban J connectivity index is 1.23. The Morgan fingerprint density at radius 3 is 2.78 bits per heavy atom. The van der Waals surface area contributed by atoms with Crippen molar-refractivity contribution in [3.05, 3.63) is 77.0 Å². The number of nitrogens with two attached hydrogens (primary N) is 1. The minimum Gasteiger partial charge on any atom is -0.495 e. The van der Waals surface area contributed by atoms with Gasteiger partial charge in [-0.2, -0.15) is 4.98 Å². The molecule has 0 spiro atoms. The normalized spacial score (nSPS) is 22.9. The summed E-state index contributed by atoms with van der Waals surface area (Å²) in [6, 6.07) is 13.5. The van der Waals surface area contributed by atoms with Gasteiger partial charge < -0.3 is 31.2 Å². The molecule has 12 heteroatoms. The summed E-state index contributed by atoms with van der Waals surface area (Å²) in [6.07, 6.45) is 5.27. The molecule has 2 aliphatic carbocycles. The number of rotatable bonds is 8. The zero-order valence-corrected chi connectivity index (χ0v) is 23.1. The summed E-state index contributed by atoms with van der Waals surface area (Å²) in [4.78, 5) is 35.3. The first-order chi connectivity index (χ1) is 19.9. The van der Waals surface area contributed by atoms with Gasteiger partial charge in [0.15, 0.2) is 5.82 Å². The Kier molecular flexibility index (Phi) is 7.38. The molecule has 212 valence electrons. The second kappa shape index (κ2) is 11.3. The number of ether oxygens (including phenoxy) is 2. The largest absolute Gasteiger partial charge is 0.495 e. The zero-order valence-electron chi connectivity index (χ0n) is 22.3. The van der Waals surface area contributed by atoms with Gasteiger partial charge in [0.25, 0.3) is 0 Å². The van der Waals surface area contributed by atoms with Crippen molar-refractivity contribution >= 4 is 46.7 Å². The fourth-order valence-corrected chi connectivity index (χ4v) is 5.99. The second-order valence-electron chi connectivity index (χ2n) is 10.4. The molecule has 0 saturated heterocycles. The van der Waals surface area contributed by atoms with Crippen LogP contribution in [0, 0.1) is 11.8 Å². The van der Waals surface area contributed by atoms with Crippen LogP contribution in [0.3, 0.4) is 0 Å². The number of anilines is 4. The number of hydrogen-bond donors (Lipinski definition) is 4. The Morgan fingerprint density at radius 1 is 1.20 bits per heavy atom. The molecule has 2 amide bonds. The predicted octanol–water partition coefficient (Wildman–Crippen LogP) is 4.29. The SMILES string of the molecule is COc1cc2c(cc1Nc1ncc(Cl)c(NC3C4C=CC(C4)C3OC(N)=O)n1)NC(=O)CN(Cc1ccccc1)C2. The van der Waals surface area contributed by atoms with E-state index < -0.39 is 12.2 Å². The fraction of sp³-hybridized carbons (Fsp3) is 0.310. The molecule has 1 aliphatic heterocycles. The molecule has 3 aliphatic rings. The van der Waals surface area contributed by atoms with Crippen molar-refractivity contribution in [1.82, 2.24) is 14.9 Å². The summed E-state index contributed by atoms with van der Waals surface area (Å²) in [7, 11) is 1.58. The summed E-state index contributed by atoms with van der Waals surface area (Å²) >= 11 is 6.45. The number of aromatic nitrogens is 2. The van der Waals surface area contributed by atoms with Crippen LogP contribution in [-0.2, 0) is 22.6 Å². The van der Waals surface area contributed by atoms with Crippen molar-refractivity contribution in [2.75, 3.05) is 29.6 Å². The van der Waals surface area contributed by atoms with Gasteiger partial charge >= 0.3 is 6.09 Å². The zero-order chi connectivity index (χ0) is 28.5. The number of fused-ring (bicyclic) bond motifs is 3. The van der Waals surface area contributed by atoms with Gasteiger partial charge in [0.05, 0.1) is 31.6 Å². The molecule has 5 N–H and O–H groups in total. The van der Waals surface area contributed by atoms with E-state index in [1.807, 2.05) is 42.5 Å². The summed E-state index contributed by atoms with van der Waals surface area (Å²) < 4.78 is 11.1. The highest BCUT2D eigenvalue weighted by Gasteiger charge is 2.47. The lowest BCUT2D eigenvalue weighted by atomic mass is 9.98. The monoisotopic (exact) mass is 575 g/mol. The molecule has 2 aromatic carbocycles. The number of nitrogens with one attached hydrogen (secondary N) is 3. The molecule has 2 bridgehead atoms. The van der Waals surface area contributed by atoms with E-state index in [9.17, 15) is 9.59 Å². The van der Waals surface area contributed by atoms with Gasteiger partial charge in [0.2, 0.25) is 11.9 Å². The maximum atomic E-state index is 12.8. The molecule has 41 heavy (non-hydrogen) atoms. The topological polar surface area (TPSA) is 144 Å². The van der Waals surface area contributed by atoms with Crippen LogP contribution in [0.5, 0.6) is 5.75 Å². The van der Waals surface area contributed by atoms with E-state index in [1.165, 1.54) is 6.20 Å². The molecule has 4 atom stereocenters. The van der Waals surface area contributed by atoms with Gasteiger partial charge in [-0.3, -0.25) is 9.69 Å². The Morgan fingerprint density at radius 2 is 2.00 bits per heavy atom. The fourth-order valence-electron chi connectivity index (χ4n) is 5.85. The van der Waals surface area contributed by atoms with Gasteiger partial charge in [-0.15, -0.1) is 0 Å². The third-order valence-corrected chi connectivity index (χ3v) is 7.92. The second-order valence-corrected chi connectivity index (χ2v) is 10.8. The minimum absolute atomic E-state index is 0.0888. The van der Waals surface area contributed by atoms with E-state index in [0.717, 1.165) is 17.5 Å². The maximum absolute atomic E-state index is 12.8. The van der Waals surface area contributed by atoms with Gasteiger partial charge in [0.1, 0.15) is 16.9 Å². The number of halogens is 1. The smallest absolute Gasteiger partial charge is 0.404 e. The Bertz CT molecular complexity index is 1500. The van der Waals surface area contributed by atoms with Crippen LogP contribution in [0.4, 0.5) is 27.9 Å². The molecule has 0 radical (unpaired) electrons. The average Bonchev–Trinajstić information content (AvgIpc) is 3.50. The van der Waals surface area contributed by atoms with Crippen LogP contribution < -0.4 is 26.4 Å². The average molecular weight is 576 g/mol. The van der Waals surface area contributed by atoms with Crippen LogP contribution in [0.15, 0.2) is 60.8 Å². The predicted molar refractivity (Wildman–Crippen MR) is 155 cm³/mol. The summed E-state index contributed by atoms with van der Waals surface area (Å²) in [5.74, 6) is 1.38. The number of methoxy groups -OCH3 is 1. The Hall–Kier alpha value is -4.35. The number of carbonyl (C=O) groups is 2. The molecular formula is C29H30ClN7O4. The molecule has 1 aromatic heterocycles. The summed E-state index contributed by atoms with van der Waals surface area (Å²) in [5, 5.41) is 9.87. The highest BCUT2D eigenvalue weighted by molar-refractivity contribution is 6.32. The first-order valence-corrected chi connectivity index (χ1v) is 13.7. The number of primary amides is 1. The van der Waals surface area contributed by atoms with E-state index >= 15 is 0 Å². The van der Waals surface area contributed by atoms with Crippen LogP contribution >= 0.6 is 11.6 Å². The van der Waals surface area contributed by atoms with Crippen molar-refractivity contribution < 1.29 is 19.1 Å². The van der Waals surface area contributed by atoms with E-state index in [2.05, 4.69) is 43.0 Å². The molecular weight excluding hydrogens is 546 g/mol. The number of benzene rings is 2. The van der Waals surface area contributed by atoms with Crippen molar-refractivity contribution in [2.24, 2.45) is 17.6 Å². The summed E-state index contributed by atoms with van der Waals surface area (Å²) in [5.41, 5.74) is 8.64. The number of carbonyl (C=O) groups excluding carboxylic acids is 2. The van der Waals surface area contributed by atoms with Gasteiger partial charge in [0, 0.05) is 30.6 Å². The third kappa shape index (κ3) is 5.77. The lowest BCUT2D eigenvalue weighted by molar-refractivity contribution is -0.117. The first kappa shape index (κ1) is 26.9. The molecule has 1 fully saturated rings. The quantitative estimate of drug-likeness (QED) is 0.289. The lowest BCUT2D eigenvalue weighted by Crippen LogP contribution is -2.41. The molecule has 6 rings (SSSR count). The minimum atomic E-state index is -0.815. The molecule has 3 aromatic rings. The maximum Gasteiger partial charge on any atom is 0.404 e. The standard InChI is InChI=1S/C29H30ClN7O4/c1-40-23-10-19-14-37(13-16-5-3-2-4-6-16)15-24(38)33-21(19)11-22(23)34-29-32-12-20(30)27(36-29)35-25-17-7-8-18(9-17)26(25)41-28(31)39/h2-8,10-12,17-18,25-26H,9,13-15H2,1H3,(H2,31,39)(H,33,38)(H2,32,34,35,36). The van der Waals surface area contributed by atoms with Crippen LogP contribution in [-0.4, -0.2) is 52.7 Å². The highest BCUT2D eigenvalue weighted by Crippen LogP contribution is 2.43. The number of nitrogens with zero attached hydrogens (tertiary/aromatic N) is 3. The van der Waals surface area contributed by atoms with Gasteiger partial charge in [-0.25, -0.2) is 9.78 Å². The number of hydrogen-bond acceptors (Lipinski definition) is 9. The van der Waals surface area contributed by atoms with Crippen LogP contribution in [0.25, 0.3) is 0 Å². The van der Waals surface area contributed by atoms with E-state index in [4.69, 9.17) is 26.8 Å². The highest BCUT2D eigenvalue weighted by atomic mass is 35.5. The van der Waals surface area contributed by atoms with Gasteiger partial charge in [-0.1, -0.05) is 54.1 Å². The first-order valence-electron chi connectivity index (χ1n) is 13.3. The van der Waals surface area contributed by atoms with E-state index in [1.54, 1.807) is 7.11 Å². The van der Waals surface area contributed by atoms with Crippen LogP contribution in [0.2, 0.25) is 5.02 Å². The van der Waals surface area contributed by atoms with Crippen molar-refractivity contribution in [2.45, 2.75) is 31.7 Å². The lowest BCUT2D eigenvalue weighted by Gasteiger charge is -2.28. The number of amides is 2.